The first kappa shape index (κ1) is 21.3. The lowest BCUT2D eigenvalue weighted by molar-refractivity contribution is 0.0454. The standard InChI is InChI=1S/C22H25N3O5/c1-6-13(3)19(24-25-23)15-7-8-16-18(21(15)28-5)22(26)29-11-14-9-12(2)10-17(27-4)20(14)30-16/h7-10,13,19H,6,11H2,1-5H3. The van der Waals surface area contributed by atoms with Gasteiger partial charge in [0.1, 0.15) is 23.7 Å². The molecule has 2 unspecified atom stereocenters. The first-order valence-electron chi connectivity index (χ1n) is 9.72. The zero-order valence-corrected chi connectivity index (χ0v) is 17.8. The predicted octanol–water partition coefficient (Wildman–Crippen LogP) is 5.87. The van der Waals surface area contributed by atoms with Crippen LogP contribution in [0.25, 0.3) is 10.4 Å². The van der Waals surface area contributed by atoms with Crippen molar-refractivity contribution in [1.82, 2.24) is 0 Å². The number of hydrogen-bond acceptors (Lipinski definition) is 6. The van der Waals surface area contributed by atoms with Gasteiger partial charge in [-0.25, -0.2) is 4.79 Å². The maximum absolute atomic E-state index is 12.9. The van der Waals surface area contributed by atoms with Crippen LogP contribution in [-0.2, 0) is 11.3 Å². The Bertz CT molecular complexity index is 1010. The second-order valence-electron chi connectivity index (χ2n) is 7.23. The molecular formula is C22H25N3O5. The van der Waals surface area contributed by atoms with E-state index < -0.39 is 12.0 Å². The highest BCUT2D eigenvalue weighted by Crippen LogP contribution is 2.45. The van der Waals surface area contributed by atoms with Gasteiger partial charge in [0, 0.05) is 16.0 Å². The van der Waals surface area contributed by atoms with E-state index in [2.05, 4.69) is 10.0 Å². The van der Waals surface area contributed by atoms with E-state index in [4.69, 9.17) is 24.5 Å². The number of ether oxygens (including phenoxy) is 4. The highest BCUT2D eigenvalue weighted by atomic mass is 16.6. The summed E-state index contributed by atoms with van der Waals surface area (Å²) in [5.74, 6) is 1.07. The van der Waals surface area contributed by atoms with E-state index in [1.165, 1.54) is 7.11 Å². The number of methoxy groups -OCH3 is 2. The molecule has 3 rings (SSSR count). The van der Waals surface area contributed by atoms with Crippen LogP contribution >= 0.6 is 0 Å². The van der Waals surface area contributed by atoms with Gasteiger partial charge < -0.3 is 18.9 Å². The van der Waals surface area contributed by atoms with Gasteiger partial charge in [0.2, 0.25) is 0 Å². The highest BCUT2D eigenvalue weighted by molar-refractivity contribution is 5.96. The van der Waals surface area contributed by atoms with Gasteiger partial charge in [-0.1, -0.05) is 31.4 Å². The summed E-state index contributed by atoms with van der Waals surface area (Å²) in [5.41, 5.74) is 11.5. The Labute approximate surface area is 175 Å². The molecule has 158 valence electrons. The van der Waals surface area contributed by atoms with Gasteiger partial charge in [-0.05, 0) is 42.1 Å². The van der Waals surface area contributed by atoms with E-state index in [0.29, 0.717) is 22.6 Å². The van der Waals surface area contributed by atoms with Crippen molar-refractivity contribution in [1.29, 1.82) is 0 Å². The van der Waals surface area contributed by atoms with Crippen LogP contribution in [0.2, 0.25) is 0 Å². The number of azide groups is 1. The van der Waals surface area contributed by atoms with Crippen LogP contribution in [0.3, 0.4) is 0 Å². The van der Waals surface area contributed by atoms with Crippen molar-refractivity contribution in [2.45, 2.75) is 39.8 Å². The van der Waals surface area contributed by atoms with Gasteiger partial charge in [0.15, 0.2) is 11.5 Å². The van der Waals surface area contributed by atoms with Crippen LogP contribution in [0.1, 0.15) is 53.4 Å². The molecule has 2 aromatic carbocycles. The van der Waals surface area contributed by atoms with Crippen molar-refractivity contribution in [3.8, 4) is 23.0 Å². The van der Waals surface area contributed by atoms with Crippen molar-refractivity contribution in [3.05, 3.63) is 57.0 Å². The Morgan fingerprint density at radius 1 is 1.27 bits per heavy atom. The third kappa shape index (κ3) is 3.86. The summed E-state index contributed by atoms with van der Waals surface area (Å²) in [6, 6.07) is 6.68. The average Bonchev–Trinajstić information content (AvgIpc) is 2.74. The van der Waals surface area contributed by atoms with E-state index in [1.807, 2.05) is 32.9 Å². The number of nitrogens with zero attached hydrogens (tertiary/aromatic N) is 3. The Morgan fingerprint density at radius 2 is 2.03 bits per heavy atom. The average molecular weight is 411 g/mol. The van der Waals surface area contributed by atoms with Crippen molar-refractivity contribution in [3.63, 3.8) is 0 Å². The van der Waals surface area contributed by atoms with Gasteiger partial charge in [-0.2, -0.15) is 0 Å². The molecule has 0 aliphatic carbocycles. The van der Waals surface area contributed by atoms with Crippen molar-refractivity contribution in [2.75, 3.05) is 14.2 Å². The van der Waals surface area contributed by atoms with Gasteiger partial charge >= 0.3 is 5.97 Å². The molecule has 0 saturated carbocycles. The van der Waals surface area contributed by atoms with Gasteiger partial charge in [-0.3, -0.25) is 0 Å². The van der Waals surface area contributed by atoms with Crippen LogP contribution < -0.4 is 14.2 Å². The number of cyclic esters (lactones) is 1. The zero-order valence-electron chi connectivity index (χ0n) is 17.8. The van der Waals surface area contributed by atoms with Gasteiger partial charge in [0.25, 0.3) is 0 Å². The molecule has 0 saturated heterocycles. The molecule has 1 heterocycles. The van der Waals surface area contributed by atoms with Crippen molar-refractivity contribution >= 4 is 5.97 Å². The van der Waals surface area contributed by atoms with Crippen LogP contribution in [0.15, 0.2) is 29.4 Å². The number of carbonyl (C=O) groups excluding carboxylic acids is 1. The molecule has 2 atom stereocenters. The molecule has 1 aliphatic heterocycles. The highest BCUT2D eigenvalue weighted by Gasteiger charge is 2.31. The first-order valence-corrected chi connectivity index (χ1v) is 9.72. The fourth-order valence-corrected chi connectivity index (χ4v) is 3.59. The molecule has 0 radical (unpaired) electrons. The quantitative estimate of drug-likeness (QED) is 0.256. The molecule has 8 nitrogen and oxygen atoms in total. The molecule has 0 bridgehead atoms. The van der Waals surface area contributed by atoms with Crippen molar-refractivity contribution in [2.24, 2.45) is 11.0 Å². The zero-order chi connectivity index (χ0) is 21.8. The Kier molecular flexibility index (Phi) is 6.37. The molecule has 0 N–H and O–H groups in total. The Morgan fingerprint density at radius 3 is 2.67 bits per heavy atom. The smallest absolute Gasteiger partial charge is 0.346 e. The van der Waals surface area contributed by atoms with E-state index in [9.17, 15) is 4.79 Å². The molecule has 1 aliphatic rings. The number of esters is 1. The molecule has 0 fully saturated rings. The lowest BCUT2D eigenvalue weighted by Gasteiger charge is -2.25. The van der Waals surface area contributed by atoms with Gasteiger partial charge in [0.05, 0.1) is 20.3 Å². The second kappa shape index (κ2) is 8.97. The summed E-state index contributed by atoms with van der Waals surface area (Å²) < 4.78 is 22.8. The number of hydrogen-bond donors (Lipinski definition) is 0. The minimum Gasteiger partial charge on any atom is -0.495 e. The topological polar surface area (TPSA) is 103 Å². The maximum Gasteiger partial charge on any atom is 0.346 e. The summed E-state index contributed by atoms with van der Waals surface area (Å²) in [4.78, 5) is 15.9. The van der Waals surface area contributed by atoms with Gasteiger partial charge in [-0.15, -0.1) is 0 Å². The van der Waals surface area contributed by atoms with E-state index >= 15 is 0 Å². The predicted molar refractivity (Wildman–Crippen MR) is 111 cm³/mol. The summed E-state index contributed by atoms with van der Waals surface area (Å²) in [5, 5.41) is 3.95. The van der Waals surface area contributed by atoms with E-state index in [0.717, 1.165) is 12.0 Å². The summed E-state index contributed by atoms with van der Waals surface area (Å²) in [7, 11) is 3.03. The SMILES string of the molecule is CCC(C)C(N=[N+]=[N-])c1ccc2c(c1OC)C(=O)OCc1cc(C)cc(OC)c1O2. The summed E-state index contributed by atoms with van der Waals surface area (Å²) in [6.07, 6.45) is 0.787. The molecule has 0 aromatic heterocycles. The first-order chi connectivity index (χ1) is 14.4. The van der Waals surface area contributed by atoms with Crippen LogP contribution in [0.5, 0.6) is 23.0 Å². The summed E-state index contributed by atoms with van der Waals surface area (Å²) in [6.45, 7) is 5.95. The molecule has 30 heavy (non-hydrogen) atoms. The normalized spacial score (nSPS) is 14.5. The molecule has 0 spiro atoms. The number of benzene rings is 2. The number of aryl methyl sites for hydroxylation is 1. The minimum absolute atomic E-state index is 0.0319. The van der Waals surface area contributed by atoms with Crippen LogP contribution in [0.4, 0.5) is 0 Å². The number of rotatable bonds is 6. The van der Waals surface area contributed by atoms with Crippen LogP contribution in [0, 0.1) is 12.8 Å². The number of carbonyl (C=O) groups is 1. The summed E-state index contributed by atoms with van der Waals surface area (Å²) >= 11 is 0. The third-order valence-corrected chi connectivity index (χ3v) is 5.30. The fraction of sp³-hybridized carbons (Fsp3) is 0.409. The monoisotopic (exact) mass is 411 g/mol. The Hall–Kier alpha value is -3.38. The Balaban J connectivity index is 2.21. The van der Waals surface area contributed by atoms with Crippen LogP contribution in [-0.4, -0.2) is 20.2 Å². The van der Waals surface area contributed by atoms with Crippen molar-refractivity contribution < 1.29 is 23.7 Å². The minimum atomic E-state index is -0.571. The lowest BCUT2D eigenvalue weighted by atomic mass is 9.91. The van der Waals surface area contributed by atoms with E-state index in [1.54, 1.807) is 19.2 Å². The largest absolute Gasteiger partial charge is 0.495 e. The maximum atomic E-state index is 12.9. The molecule has 8 heteroatoms. The molecule has 2 aromatic rings. The van der Waals surface area contributed by atoms with E-state index in [-0.39, 0.29) is 29.6 Å². The number of fused-ring (bicyclic) bond motifs is 2. The molecular weight excluding hydrogens is 386 g/mol. The lowest BCUT2D eigenvalue weighted by Crippen LogP contribution is -2.16. The third-order valence-electron chi connectivity index (χ3n) is 5.30. The second-order valence-corrected chi connectivity index (χ2v) is 7.23. The molecule has 0 amide bonds. The fourth-order valence-electron chi connectivity index (χ4n) is 3.59.